The molecule has 25 heavy (non-hydrogen) atoms. The van der Waals surface area contributed by atoms with E-state index < -0.39 is 18.3 Å². The number of allylic oxidation sites excluding steroid dienone is 1. The highest BCUT2D eigenvalue weighted by atomic mass is 19.1. The van der Waals surface area contributed by atoms with E-state index in [9.17, 15) is 8.78 Å². The lowest BCUT2D eigenvalue weighted by Gasteiger charge is -2.32. The Kier molecular flexibility index (Phi) is 5.09. The molecule has 0 aromatic heterocycles. The molecule has 0 spiro atoms. The van der Waals surface area contributed by atoms with Crippen molar-refractivity contribution >= 4 is 7.12 Å². The molecule has 1 aromatic rings. The van der Waals surface area contributed by atoms with Crippen molar-refractivity contribution in [3.8, 4) is 0 Å². The summed E-state index contributed by atoms with van der Waals surface area (Å²) in [7, 11) is -0.881. The van der Waals surface area contributed by atoms with Gasteiger partial charge in [-0.2, -0.15) is 0 Å². The summed E-state index contributed by atoms with van der Waals surface area (Å²) in [6.07, 6.45) is 4.29. The Morgan fingerprint density at radius 1 is 1.04 bits per heavy atom. The molecule has 1 aromatic carbocycles. The van der Waals surface area contributed by atoms with Gasteiger partial charge in [0.2, 0.25) is 0 Å². The minimum Gasteiger partial charge on any atom is -0.398 e. The highest BCUT2D eigenvalue weighted by molar-refractivity contribution is 6.53. The lowest BCUT2D eigenvalue weighted by Crippen LogP contribution is -2.41. The summed E-state index contributed by atoms with van der Waals surface area (Å²) >= 11 is 0. The first-order valence-electron chi connectivity index (χ1n) is 9.15. The van der Waals surface area contributed by atoms with Gasteiger partial charge in [0.1, 0.15) is 11.5 Å². The number of halogens is 2. The van der Waals surface area contributed by atoms with E-state index in [0.717, 1.165) is 43.2 Å². The third-order valence-corrected chi connectivity index (χ3v) is 5.94. The summed E-state index contributed by atoms with van der Waals surface area (Å²) in [5, 5.41) is 0. The second kappa shape index (κ2) is 6.84. The van der Waals surface area contributed by atoms with Crippen LogP contribution in [0.3, 0.4) is 0 Å². The Labute approximate surface area is 149 Å². The summed E-state index contributed by atoms with van der Waals surface area (Å²) in [6, 6.07) is 6.68. The minimum atomic E-state index is -0.881. The molecule has 1 saturated carbocycles. The summed E-state index contributed by atoms with van der Waals surface area (Å²) < 4.78 is 39.5. The molecule has 136 valence electrons. The SMILES string of the molecule is CC1(C)OB(C(F)=C2CCC(Cc3ccc(F)cc3)CC2)OC1(C)C. The van der Waals surface area contributed by atoms with E-state index in [2.05, 4.69) is 0 Å². The highest BCUT2D eigenvalue weighted by Crippen LogP contribution is 2.41. The van der Waals surface area contributed by atoms with Crippen molar-refractivity contribution in [3.63, 3.8) is 0 Å². The van der Waals surface area contributed by atoms with E-state index in [1.807, 2.05) is 39.8 Å². The fraction of sp³-hybridized carbons (Fsp3) is 0.600. The van der Waals surface area contributed by atoms with Crippen LogP contribution >= 0.6 is 0 Å². The van der Waals surface area contributed by atoms with Crippen molar-refractivity contribution in [2.45, 2.75) is 71.0 Å². The maximum Gasteiger partial charge on any atom is 0.525 e. The van der Waals surface area contributed by atoms with Gasteiger partial charge in [-0.3, -0.25) is 0 Å². The van der Waals surface area contributed by atoms with Crippen LogP contribution in [0.4, 0.5) is 8.78 Å². The number of hydrogen-bond donors (Lipinski definition) is 0. The average molecular weight is 348 g/mol. The lowest BCUT2D eigenvalue weighted by atomic mass is 9.76. The molecule has 0 unspecified atom stereocenters. The minimum absolute atomic E-state index is 0.206. The molecule has 1 aliphatic heterocycles. The third-order valence-electron chi connectivity index (χ3n) is 5.94. The number of hydrogen-bond acceptors (Lipinski definition) is 2. The molecule has 5 heteroatoms. The molecule has 0 N–H and O–H groups in total. The second-order valence-electron chi connectivity index (χ2n) is 8.31. The summed E-state index contributed by atoms with van der Waals surface area (Å²) in [6.45, 7) is 7.74. The second-order valence-corrected chi connectivity index (χ2v) is 8.31. The van der Waals surface area contributed by atoms with Gasteiger partial charge in [0.15, 0.2) is 0 Å². The van der Waals surface area contributed by atoms with E-state index in [4.69, 9.17) is 9.31 Å². The standard InChI is InChI=1S/C20H27BF2O2/c1-19(2)20(3,4)25-21(24-19)18(23)16-9-5-14(6-10-16)13-15-7-11-17(22)12-8-15/h7-8,11-12,14H,5-6,9-10,13H2,1-4H3. The van der Waals surface area contributed by atoms with Crippen molar-refractivity contribution < 1.29 is 18.1 Å². The first-order valence-corrected chi connectivity index (χ1v) is 9.15. The van der Waals surface area contributed by atoms with Gasteiger partial charge in [0.25, 0.3) is 0 Å². The summed E-state index contributed by atoms with van der Waals surface area (Å²) in [4.78, 5) is 0. The van der Waals surface area contributed by atoms with Gasteiger partial charge in [0, 0.05) is 0 Å². The molecule has 2 nitrogen and oxygen atoms in total. The van der Waals surface area contributed by atoms with E-state index in [0.29, 0.717) is 5.92 Å². The molecule has 1 saturated heterocycles. The third kappa shape index (κ3) is 3.98. The Balaban J connectivity index is 1.59. The normalized spacial score (nSPS) is 25.3. The number of benzene rings is 1. The van der Waals surface area contributed by atoms with E-state index in [1.54, 1.807) is 0 Å². The van der Waals surface area contributed by atoms with Gasteiger partial charge in [-0.05, 0) is 89.0 Å². The molecular weight excluding hydrogens is 321 g/mol. The van der Waals surface area contributed by atoms with E-state index in [1.165, 1.54) is 12.1 Å². The first-order chi connectivity index (χ1) is 11.7. The molecule has 1 aliphatic carbocycles. The van der Waals surface area contributed by atoms with E-state index in [-0.39, 0.29) is 11.5 Å². The monoisotopic (exact) mass is 348 g/mol. The van der Waals surface area contributed by atoms with Crippen LogP contribution in [-0.4, -0.2) is 18.3 Å². The average Bonchev–Trinajstić information content (AvgIpc) is 2.78. The van der Waals surface area contributed by atoms with Gasteiger partial charge >= 0.3 is 7.12 Å². The van der Waals surface area contributed by atoms with Crippen molar-refractivity contribution in [1.29, 1.82) is 0 Å². The molecule has 2 aliphatic rings. The zero-order valence-corrected chi connectivity index (χ0v) is 15.6. The van der Waals surface area contributed by atoms with Gasteiger partial charge in [-0.15, -0.1) is 0 Å². The predicted molar refractivity (Wildman–Crippen MR) is 96.3 cm³/mol. The Hall–Kier alpha value is -1.20. The molecule has 3 rings (SSSR count). The van der Waals surface area contributed by atoms with Crippen molar-refractivity contribution in [2.75, 3.05) is 0 Å². The van der Waals surface area contributed by atoms with Gasteiger partial charge in [-0.1, -0.05) is 12.1 Å². The summed E-state index contributed by atoms with van der Waals surface area (Å²) in [5.41, 5.74) is 0.697. The van der Waals surface area contributed by atoms with E-state index >= 15 is 0 Å². The Morgan fingerprint density at radius 2 is 1.56 bits per heavy atom. The maximum atomic E-state index is 14.9. The van der Waals surface area contributed by atoms with Crippen LogP contribution in [-0.2, 0) is 15.7 Å². The van der Waals surface area contributed by atoms with Crippen LogP contribution in [0.1, 0.15) is 58.9 Å². The smallest absolute Gasteiger partial charge is 0.398 e. The Morgan fingerprint density at radius 3 is 2.08 bits per heavy atom. The van der Waals surface area contributed by atoms with Gasteiger partial charge < -0.3 is 9.31 Å². The fourth-order valence-electron chi connectivity index (χ4n) is 3.54. The predicted octanol–water partition coefficient (Wildman–Crippen LogP) is 5.41. The number of rotatable bonds is 3. The van der Waals surface area contributed by atoms with Crippen molar-refractivity contribution in [3.05, 3.63) is 46.9 Å². The van der Waals surface area contributed by atoms with Crippen LogP contribution in [0.5, 0.6) is 0 Å². The fourth-order valence-corrected chi connectivity index (χ4v) is 3.54. The maximum absolute atomic E-state index is 14.9. The topological polar surface area (TPSA) is 18.5 Å². The van der Waals surface area contributed by atoms with Crippen molar-refractivity contribution in [2.24, 2.45) is 5.92 Å². The first kappa shape index (κ1) is 18.6. The molecule has 1 heterocycles. The zero-order valence-electron chi connectivity index (χ0n) is 15.6. The van der Waals surface area contributed by atoms with Crippen LogP contribution in [0, 0.1) is 11.7 Å². The van der Waals surface area contributed by atoms with Gasteiger partial charge in [0.05, 0.1) is 11.2 Å². The molecular formula is C20H27BF2O2. The molecule has 0 radical (unpaired) electrons. The van der Waals surface area contributed by atoms with Crippen LogP contribution in [0.15, 0.2) is 35.6 Å². The quantitative estimate of drug-likeness (QED) is 0.680. The van der Waals surface area contributed by atoms with Gasteiger partial charge in [-0.25, -0.2) is 8.78 Å². The molecule has 0 amide bonds. The summed E-state index contributed by atoms with van der Waals surface area (Å²) in [5.74, 6) is 0.308. The van der Waals surface area contributed by atoms with Crippen LogP contribution in [0.25, 0.3) is 0 Å². The lowest BCUT2D eigenvalue weighted by molar-refractivity contribution is 0.00578. The van der Waals surface area contributed by atoms with Crippen molar-refractivity contribution in [1.82, 2.24) is 0 Å². The largest absolute Gasteiger partial charge is 0.525 e. The van der Waals surface area contributed by atoms with Crippen LogP contribution in [0.2, 0.25) is 0 Å². The molecule has 0 atom stereocenters. The zero-order chi connectivity index (χ0) is 18.2. The van der Waals surface area contributed by atoms with Crippen LogP contribution < -0.4 is 0 Å². The Bertz CT molecular complexity index is 626. The molecule has 0 bridgehead atoms. The highest BCUT2D eigenvalue weighted by Gasteiger charge is 2.53. The molecule has 2 fully saturated rings.